The predicted octanol–water partition coefficient (Wildman–Crippen LogP) is 6.51. The molecule has 0 aliphatic carbocycles. The third kappa shape index (κ3) is 4.13. The van der Waals surface area contributed by atoms with Gasteiger partial charge in [-0.25, -0.2) is 4.79 Å². The van der Waals surface area contributed by atoms with E-state index in [2.05, 4.69) is 0 Å². The molecule has 0 bridgehead atoms. The molecule has 4 nitrogen and oxygen atoms in total. The van der Waals surface area contributed by atoms with Gasteiger partial charge in [0.05, 0.1) is 6.61 Å². The zero-order valence-corrected chi connectivity index (χ0v) is 16.6. The summed E-state index contributed by atoms with van der Waals surface area (Å²) < 4.78 is 17.2. The topological polar surface area (TPSA) is 48.7 Å². The molecule has 0 spiro atoms. The summed E-state index contributed by atoms with van der Waals surface area (Å²) in [4.78, 5) is 12.7. The van der Waals surface area contributed by atoms with Crippen molar-refractivity contribution in [3.63, 3.8) is 0 Å². The van der Waals surface area contributed by atoms with Gasteiger partial charge >= 0.3 is 5.97 Å². The minimum absolute atomic E-state index is 0.284. The van der Waals surface area contributed by atoms with E-state index in [1.807, 2.05) is 72.8 Å². The van der Waals surface area contributed by atoms with E-state index < -0.39 is 5.97 Å². The summed E-state index contributed by atoms with van der Waals surface area (Å²) >= 11 is 5.92. The van der Waals surface area contributed by atoms with Crippen LogP contribution < -0.4 is 4.74 Å². The van der Waals surface area contributed by atoms with E-state index in [0.717, 1.165) is 11.1 Å². The first-order valence-corrected chi connectivity index (χ1v) is 9.70. The van der Waals surface area contributed by atoms with Crippen molar-refractivity contribution in [1.29, 1.82) is 0 Å². The second kappa shape index (κ2) is 8.41. The Bertz CT molecular complexity index is 1130. The Hall–Kier alpha value is -3.24. The van der Waals surface area contributed by atoms with E-state index in [1.54, 1.807) is 6.92 Å². The molecule has 0 unspecified atom stereocenters. The lowest BCUT2D eigenvalue weighted by Gasteiger charge is -2.07. The molecule has 3 aromatic carbocycles. The summed E-state index contributed by atoms with van der Waals surface area (Å²) in [7, 11) is 0. The van der Waals surface area contributed by atoms with Gasteiger partial charge in [-0.2, -0.15) is 0 Å². The SMILES string of the molecule is CCOC(=O)c1c(-c2ccccc2)oc2ccc(OCc3ccc(Cl)cc3)cc12. The van der Waals surface area contributed by atoms with Gasteiger partial charge < -0.3 is 13.9 Å². The Morgan fingerprint density at radius 3 is 2.48 bits per heavy atom. The summed E-state index contributed by atoms with van der Waals surface area (Å²) in [5.74, 6) is 0.715. The first-order valence-electron chi connectivity index (χ1n) is 9.32. The van der Waals surface area contributed by atoms with Crippen LogP contribution in [0.1, 0.15) is 22.8 Å². The number of esters is 1. The van der Waals surface area contributed by atoms with Crippen LogP contribution in [-0.4, -0.2) is 12.6 Å². The van der Waals surface area contributed by atoms with Gasteiger partial charge in [0.25, 0.3) is 0 Å². The summed E-state index contributed by atoms with van der Waals surface area (Å²) in [5, 5.41) is 1.34. The van der Waals surface area contributed by atoms with Gasteiger partial charge in [0, 0.05) is 16.0 Å². The van der Waals surface area contributed by atoms with Crippen molar-refractivity contribution >= 4 is 28.5 Å². The lowest BCUT2D eigenvalue weighted by Crippen LogP contribution is -2.05. The van der Waals surface area contributed by atoms with Gasteiger partial charge in [-0.15, -0.1) is 0 Å². The van der Waals surface area contributed by atoms with Gasteiger partial charge in [0.15, 0.2) is 0 Å². The molecule has 146 valence electrons. The van der Waals surface area contributed by atoms with Crippen LogP contribution in [0.25, 0.3) is 22.3 Å². The van der Waals surface area contributed by atoms with Gasteiger partial charge in [-0.3, -0.25) is 0 Å². The molecule has 0 aliphatic rings. The maximum absolute atomic E-state index is 12.7. The van der Waals surface area contributed by atoms with Crippen molar-refractivity contribution in [2.75, 3.05) is 6.61 Å². The number of carbonyl (C=O) groups excluding carboxylic acids is 1. The van der Waals surface area contributed by atoms with Crippen LogP contribution in [0.4, 0.5) is 0 Å². The maximum atomic E-state index is 12.7. The summed E-state index contributed by atoms with van der Waals surface area (Å²) in [5.41, 5.74) is 2.82. The molecule has 0 saturated carbocycles. The highest BCUT2D eigenvalue weighted by Gasteiger charge is 2.23. The Morgan fingerprint density at radius 1 is 1.00 bits per heavy atom. The number of halogens is 1. The Labute approximate surface area is 173 Å². The molecule has 0 N–H and O–H groups in total. The van der Waals surface area contributed by atoms with Gasteiger partial charge in [-0.05, 0) is 42.8 Å². The number of rotatable bonds is 6. The first kappa shape index (κ1) is 19.1. The highest BCUT2D eigenvalue weighted by Crippen LogP contribution is 2.36. The smallest absolute Gasteiger partial charge is 0.342 e. The average Bonchev–Trinajstić information content (AvgIpc) is 3.13. The van der Waals surface area contributed by atoms with Crippen LogP contribution in [0.5, 0.6) is 5.75 Å². The third-order valence-corrected chi connectivity index (χ3v) is 4.75. The fourth-order valence-corrected chi connectivity index (χ4v) is 3.24. The first-order chi connectivity index (χ1) is 14.2. The fourth-order valence-electron chi connectivity index (χ4n) is 3.11. The molecule has 1 heterocycles. The molecule has 4 rings (SSSR count). The van der Waals surface area contributed by atoms with Crippen LogP contribution in [-0.2, 0) is 11.3 Å². The molecule has 0 radical (unpaired) electrons. The largest absolute Gasteiger partial charge is 0.489 e. The standard InChI is InChI=1S/C24H19ClO4/c1-2-27-24(26)22-20-14-19(28-15-16-8-10-18(25)11-9-16)12-13-21(20)29-23(22)17-6-4-3-5-7-17/h3-14H,2,15H2,1H3. The number of furan rings is 1. The Morgan fingerprint density at radius 2 is 1.76 bits per heavy atom. The van der Waals surface area contributed by atoms with Crippen molar-refractivity contribution < 1.29 is 18.7 Å². The van der Waals surface area contributed by atoms with Crippen molar-refractivity contribution in [3.05, 3.63) is 88.9 Å². The van der Waals surface area contributed by atoms with E-state index in [9.17, 15) is 4.79 Å². The number of fused-ring (bicyclic) bond motifs is 1. The second-order valence-electron chi connectivity index (χ2n) is 6.47. The quantitative estimate of drug-likeness (QED) is 0.342. The number of ether oxygens (including phenoxy) is 2. The van der Waals surface area contributed by atoms with Crippen molar-refractivity contribution in [3.8, 4) is 17.1 Å². The number of hydrogen-bond acceptors (Lipinski definition) is 4. The highest BCUT2D eigenvalue weighted by atomic mass is 35.5. The second-order valence-corrected chi connectivity index (χ2v) is 6.90. The fraction of sp³-hybridized carbons (Fsp3) is 0.125. The van der Waals surface area contributed by atoms with Gasteiger partial charge in [0.1, 0.15) is 29.3 Å². The van der Waals surface area contributed by atoms with Crippen LogP contribution in [0.15, 0.2) is 77.2 Å². The van der Waals surface area contributed by atoms with Gasteiger partial charge in [-0.1, -0.05) is 54.1 Å². The molecular formula is C24H19ClO4. The minimum atomic E-state index is -0.417. The normalized spacial score (nSPS) is 10.8. The van der Waals surface area contributed by atoms with E-state index in [1.165, 1.54) is 0 Å². The number of carbonyl (C=O) groups is 1. The molecule has 5 heteroatoms. The van der Waals surface area contributed by atoms with Crippen LogP contribution >= 0.6 is 11.6 Å². The maximum Gasteiger partial charge on any atom is 0.342 e. The number of hydrogen-bond donors (Lipinski definition) is 0. The molecule has 0 fully saturated rings. The van der Waals surface area contributed by atoms with E-state index in [0.29, 0.717) is 39.7 Å². The molecule has 4 aromatic rings. The van der Waals surface area contributed by atoms with Crippen molar-refractivity contribution in [2.45, 2.75) is 13.5 Å². The van der Waals surface area contributed by atoms with E-state index >= 15 is 0 Å². The van der Waals surface area contributed by atoms with Crippen molar-refractivity contribution in [2.24, 2.45) is 0 Å². The number of benzene rings is 3. The zero-order valence-electron chi connectivity index (χ0n) is 15.9. The molecule has 0 saturated heterocycles. The average molecular weight is 407 g/mol. The molecule has 0 atom stereocenters. The summed E-state index contributed by atoms with van der Waals surface area (Å²) in [6.07, 6.45) is 0. The van der Waals surface area contributed by atoms with E-state index in [4.69, 9.17) is 25.5 Å². The molecular weight excluding hydrogens is 388 g/mol. The van der Waals surface area contributed by atoms with Crippen molar-refractivity contribution in [1.82, 2.24) is 0 Å². The zero-order chi connectivity index (χ0) is 20.2. The third-order valence-electron chi connectivity index (χ3n) is 4.49. The monoisotopic (exact) mass is 406 g/mol. The predicted molar refractivity (Wildman–Crippen MR) is 113 cm³/mol. The summed E-state index contributed by atoms with van der Waals surface area (Å²) in [6, 6.07) is 22.4. The molecule has 1 aromatic heterocycles. The molecule has 29 heavy (non-hydrogen) atoms. The summed E-state index contributed by atoms with van der Waals surface area (Å²) in [6.45, 7) is 2.45. The minimum Gasteiger partial charge on any atom is -0.489 e. The lowest BCUT2D eigenvalue weighted by atomic mass is 10.1. The van der Waals surface area contributed by atoms with Crippen LogP contribution in [0, 0.1) is 0 Å². The molecule has 0 amide bonds. The van der Waals surface area contributed by atoms with Crippen LogP contribution in [0.2, 0.25) is 5.02 Å². The molecule has 0 aliphatic heterocycles. The Kier molecular flexibility index (Phi) is 5.54. The lowest BCUT2D eigenvalue weighted by molar-refractivity contribution is 0.0529. The van der Waals surface area contributed by atoms with Crippen LogP contribution in [0.3, 0.4) is 0 Å². The van der Waals surface area contributed by atoms with Gasteiger partial charge in [0.2, 0.25) is 0 Å². The highest BCUT2D eigenvalue weighted by molar-refractivity contribution is 6.30. The van der Waals surface area contributed by atoms with E-state index in [-0.39, 0.29) is 6.61 Å². The Balaban J connectivity index is 1.71.